The summed E-state index contributed by atoms with van der Waals surface area (Å²) in [6.07, 6.45) is 6.82. The zero-order valence-corrected chi connectivity index (χ0v) is 18.7. The highest BCUT2D eigenvalue weighted by Crippen LogP contribution is 2.37. The van der Waals surface area contributed by atoms with Gasteiger partial charge in [0.05, 0.1) is 30.4 Å². The molecule has 2 N–H and O–H groups in total. The minimum Gasteiger partial charge on any atom is -0.479 e. The lowest BCUT2D eigenvalue weighted by atomic mass is 10.1. The van der Waals surface area contributed by atoms with Crippen molar-refractivity contribution in [1.29, 1.82) is 0 Å². The average Bonchev–Trinajstić information content (AvgIpc) is 3.48. The molecule has 0 aliphatic rings. The number of anilines is 1. The van der Waals surface area contributed by atoms with Crippen LogP contribution in [0.2, 0.25) is 0 Å². The van der Waals surface area contributed by atoms with Crippen LogP contribution < -0.4 is 10.5 Å². The SMILES string of the molecule is CC[C@H](c1cn(-c2ccc(F)c(F)c2)nn1)n1cc(-c2cnc(OC)c(F)c2)c2c(N)ncnc21. The van der Waals surface area contributed by atoms with Gasteiger partial charge in [0.25, 0.3) is 0 Å². The van der Waals surface area contributed by atoms with E-state index in [1.165, 1.54) is 36.4 Å². The van der Waals surface area contributed by atoms with Gasteiger partial charge in [-0.2, -0.15) is 0 Å². The third-order valence-electron chi connectivity index (χ3n) is 5.69. The zero-order chi connectivity index (χ0) is 24.7. The number of fused-ring (bicyclic) bond motifs is 1. The zero-order valence-electron chi connectivity index (χ0n) is 18.7. The second kappa shape index (κ2) is 8.70. The van der Waals surface area contributed by atoms with Gasteiger partial charge >= 0.3 is 0 Å². The van der Waals surface area contributed by atoms with Crippen molar-refractivity contribution in [2.75, 3.05) is 12.8 Å². The number of nitrogens with two attached hydrogens (primary N) is 1. The quantitative estimate of drug-likeness (QED) is 0.390. The Morgan fingerprint density at radius 3 is 2.57 bits per heavy atom. The molecule has 0 fully saturated rings. The smallest absolute Gasteiger partial charge is 0.250 e. The van der Waals surface area contributed by atoms with Crippen molar-refractivity contribution in [2.24, 2.45) is 0 Å². The molecule has 1 atom stereocenters. The summed E-state index contributed by atoms with van der Waals surface area (Å²) in [7, 11) is 1.34. The highest BCUT2D eigenvalue weighted by Gasteiger charge is 2.24. The van der Waals surface area contributed by atoms with Crippen LogP contribution >= 0.6 is 0 Å². The number of hydrogen-bond acceptors (Lipinski definition) is 7. The summed E-state index contributed by atoms with van der Waals surface area (Å²) in [6, 6.07) is 4.42. The molecule has 178 valence electrons. The monoisotopic (exact) mass is 480 g/mol. The molecule has 5 rings (SSSR count). The van der Waals surface area contributed by atoms with Crippen molar-refractivity contribution in [3.8, 4) is 22.7 Å². The standard InChI is InChI=1S/C23H19F3N8O/c1-3-19(18-10-34(32-31-18)13-4-5-15(24)16(25)7-13)33-9-14(20-21(27)29-11-30-22(20)33)12-6-17(26)23(35-2)28-8-12/h4-11,19H,3H2,1-2H3,(H2,27,29,30)/t19-/m1/s1. The maximum atomic E-state index is 14.4. The van der Waals surface area contributed by atoms with Crippen LogP contribution in [0.3, 0.4) is 0 Å². The highest BCUT2D eigenvalue weighted by atomic mass is 19.2. The lowest BCUT2D eigenvalue weighted by Gasteiger charge is -2.15. The lowest BCUT2D eigenvalue weighted by Crippen LogP contribution is -2.10. The summed E-state index contributed by atoms with van der Waals surface area (Å²) in [4.78, 5) is 12.5. The maximum absolute atomic E-state index is 14.4. The Hall–Kier alpha value is -4.48. The number of nitrogen functional groups attached to an aromatic ring is 1. The first-order valence-electron chi connectivity index (χ1n) is 10.6. The molecule has 0 radical (unpaired) electrons. The van der Waals surface area contributed by atoms with E-state index < -0.39 is 17.5 Å². The van der Waals surface area contributed by atoms with E-state index in [0.29, 0.717) is 40.0 Å². The van der Waals surface area contributed by atoms with Crippen molar-refractivity contribution >= 4 is 16.9 Å². The molecule has 0 aliphatic carbocycles. The topological polar surface area (TPSA) is 110 Å². The van der Waals surface area contributed by atoms with Gasteiger partial charge in [-0.1, -0.05) is 12.1 Å². The molecule has 4 heterocycles. The second-order valence-corrected chi connectivity index (χ2v) is 7.73. The molecule has 1 aromatic carbocycles. The molecule has 0 spiro atoms. The normalized spacial score (nSPS) is 12.3. The van der Waals surface area contributed by atoms with E-state index in [-0.39, 0.29) is 17.7 Å². The van der Waals surface area contributed by atoms with Crippen LogP contribution in [0.15, 0.2) is 49.2 Å². The first-order valence-corrected chi connectivity index (χ1v) is 10.6. The molecule has 4 aromatic heterocycles. The van der Waals surface area contributed by atoms with Gasteiger partial charge in [-0.15, -0.1) is 5.10 Å². The van der Waals surface area contributed by atoms with E-state index in [2.05, 4.69) is 25.3 Å². The van der Waals surface area contributed by atoms with E-state index in [0.717, 1.165) is 12.1 Å². The lowest BCUT2D eigenvalue weighted by molar-refractivity contribution is 0.369. The molecular weight excluding hydrogens is 461 g/mol. The van der Waals surface area contributed by atoms with Crippen molar-refractivity contribution in [2.45, 2.75) is 19.4 Å². The molecule has 12 heteroatoms. The van der Waals surface area contributed by atoms with Crippen LogP contribution in [0.4, 0.5) is 19.0 Å². The molecule has 0 aliphatic heterocycles. The second-order valence-electron chi connectivity index (χ2n) is 7.73. The Labute approximate surface area is 197 Å². The molecule has 0 amide bonds. The highest BCUT2D eigenvalue weighted by molar-refractivity contribution is 6.00. The Morgan fingerprint density at radius 1 is 1.03 bits per heavy atom. The van der Waals surface area contributed by atoms with Crippen molar-refractivity contribution < 1.29 is 17.9 Å². The Balaban J connectivity index is 1.62. The van der Waals surface area contributed by atoms with Crippen LogP contribution in [0, 0.1) is 17.5 Å². The molecule has 0 bridgehead atoms. The average molecular weight is 480 g/mol. The van der Waals surface area contributed by atoms with Gasteiger partial charge in [-0.3, -0.25) is 0 Å². The Kier molecular flexibility index (Phi) is 5.55. The molecule has 9 nitrogen and oxygen atoms in total. The van der Waals surface area contributed by atoms with E-state index in [9.17, 15) is 13.2 Å². The van der Waals surface area contributed by atoms with Gasteiger partial charge in [0.15, 0.2) is 17.5 Å². The van der Waals surface area contributed by atoms with Gasteiger partial charge < -0.3 is 15.0 Å². The third-order valence-corrected chi connectivity index (χ3v) is 5.69. The van der Waals surface area contributed by atoms with Gasteiger partial charge in [0.1, 0.15) is 23.5 Å². The van der Waals surface area contributed by atoms with Gasteiger partial charge in [-0.05, 0) is 24.6 Å². The van der Waals surface area contributed by atoms with E-state index in [4.69, 9.17) is 10.5 Å². The number of nitrogens with zero attached hydrogens (tertiary/aromatic N) is 7. The van der Waals surface area contributed by atoms with E-state index in [1.807, 2.05) is 11.5 Å². The number of aromatic nitrogens is 7. The number of ether oxygens (including phenoxy) is 1. The van der Waals surface area contributed by atoms with Crippen LogP contribution in [0.25, 0.3) is 27.8 Å². The van der Waals surface area contributed by atoms with E-state index in [1.54, 1.807) is 12.4 Å². The molecular formula is C23H19F3N8O. The van der Waals surface area contributed by atoms with Crippen molar-refractivity contribution in [3.05, 3.63) is 72.3 Å². The Morgan fingerprint density at radius 2 is 1.86 bits per heavy atom. The Bertz CT molecular complexity index is 1550. The molecule has 5 aromatic rings. The molecule has 0 unspecified atom stereocenters. The maximum Gasteiger partial charge on any atom is 0.250 e. The minimum atomic E-state index is -0.986. The number of halogens is 3. The van der Waals surface area contributed by atoms with Crippen LogP contribution in [0.5, 0.6) is 5.88 Å². The van der Waals surface area contributed by atoms with Crippen molar-refractivity contribution in [3.63, 3.8) is 0 Å². The summed E-state index contributed by atoms with van der Waals surface area (Å²) < 4.78 is 49.6. The largest absolute Gasteiger partial charge is 0.479 e. The fourth-order valence-corrected chi connectivity index (χ4v) is 4.02. The number of rotatable bonds is 6. The third kappa shape index (κ3) is 3.82. The number of pyridine rings is 1. The van der Waals surface area contributed by atoms with Gasteiger partial charge in [0.2, 0.25) is 5.88 Å². The molecule has 35 heavy (non-hydrogen) atoms. The predicted octanol–water partition coefficient (Wildman–Crippen LogP) is 4.08. The summed E-state index contributed by atoms with van der Waals surface area (Å²) in [6.45, 7) is 1.95. The van der Waals surface area contributed by atoms with Crippen LogP contribution in [-0.2, 0) is 0 Å². The van der Waals surface area contributed by atoms with Gasteiger partial charge in [-0.25, -0.2) is 32.8 Å². The summed E-state index contributed by atoms with van der Waals surface area (Å²) in [5, 5.41) is 8.86. The summed E-state index contributed by atoms with van der Waals surface area (Å²) in [5.41, 5.74) is 8.62. The van der Waals surface area contributed by atoms with E-state index >= 15 is 0 Å². The van der Waals surface area contributed by atoms with Gasteiger partial charge in [0, 0.05) is 29.6 Å². The van der Waals surface area contributed by atoms with Crippen molar-refractivity contribution in [1.82, 2.24) is 34.5 Å². The fourth-order valence-electron chi connectivity index (χ4n) is 4.02. The van der Waals surface area contributed by atoms with Crippen LogP contribution in [0.1, 0.15) is 25.1 Å². The number of methoxy groups -OCH3 is 1. The first-order chi connectivity index (χ1) is 16.9. The summed E-state index contributed by atoms with van der Waals surface area (Å²) >= 11 is 0. The number of hydrogen-bond donors (Lipinski definition) is 1. The predicted molar refractivity (Wildman–Crippen MR) is 121 cm³/mol. The van der Waals surface area contributed by atoms with Crippen LogP contribution in [-0.4, -0.2) is 41.6 Å². The number of benzene rings is 1. The summed E-state index contributed by atoms with van der Waals surface area (Å²) in [5.74, 6) is -2.46. The fraction of sp³-hybridized carbons (Fsp3) is 0.174. The minimum absolute atomic E-state index is 0.123. The molecule has 0 saturated carbocycles. The first kappa shape index (κ1) is 22.3. The molecule has 0 saturated heterocycles.